The Balaban J connectivity index is 1.67. The lowest BCUT2D eigenvalue weighted by atomic mass is 9.96. The van der Waals surface area contributed by atoms with E-state index < -0.39 is 11.7 Å². The minimum atomic E-state index is -4.61. The normalized spacial score (nSPS) is 16.1. The third kappa shape index (κ3) is 4.73. The zero-order valence-electron chi connectivity index (χ0n) is 17.9. The maximum Gasteiger partial charge on any atom is 0.416 e. The van der Waals surface area contributed by atoms with Crippen LogP contribution in [0.25, 0.3) is 5.57 Å². The Hall–Kier alpha value is -3.44. The number of halogens is 4. The van der Waals surface area contributed by atoms with E-state index in [4.69, 9.17) is 11.6 Å². The van der Waals surface area contributed by atoms with Gasteiger partial charge < -0.3 is 15.3 Å². The van der Waals surface area contributed by atoms with Crippen molar-refractivity contribution in [2.24, 2.45) is 10.2 Å². The third-order valence-electron chi connectivity index (χ3n) is 5.66. The van der Waals surface area contributed by atoms with Gasteiger partial charge in [0.15, 0.2) is 5.13 Å². The van der Waals surface area contributed by atoms with E-state index in [1.807, 2.05) is 0 Å². The van der Waals surface area contributed by atoms with Crippen LogP contribution in [0, 0.1) is 0 Å². The van der Waals surface area contributed by atoms with Crippen LogP contribution in [0.4, 0.5) is 18.3 Å². The van der Waals surface area contributed by atoms with Gasteiger partial charge in [-0.05, 0) is 40.6 Å². The molecule has 0 spiro atoms. The second-order valence-electron chi connectivity index (χ2n) is 7.99. The molecule has 1 fully saturated rings. The highest BCUT2D eigenvalue weighted by Gasteiger charge is 2.34. The van der Waals surface area contributed by atoms with Crippen molar-refractivity contribution in [3.05, 3.63) is 73.6 Å². The fourth-order valence-electron chi connectivity index (χ4n) is 4.00. The molecule has 0 saturated carbocycles. The van der Waals surface area contributed by atoms with Crippen molar-refractivity contribution in [3.63, 3.8) is 0 Å². The molecule has 2 N–H and O–H groups in total. The van der Waals surface area contributed by atoms with Crippen LogP contribution in [0.1, 0.15) is 21.6 Å². The highest BCUT2D eigenvalue weighted by Crippen LogP contribution is 2.39. The number of nitrogens with zero attached hydrogens (tertiary/aromatic N) is 4. The quantitative estimate of drug-likeness (QED) is 0.555. The van der Waals surface area contributed by atoms with E-state index in [1.165, 1.54) is 12.1 Å². The molecule has 0 aliphatic carbocycles. The van der Waals surface area contributed by atoms with E-state index in [-0.39, 0.29) is 35.3 Å². The van der Waals surface area contributed by atoms with E-state index >= 15 is 0 Å². The first-order valence-electron chi connectivity index (χ1n) is 10.5. The number of hydrogen-bond donors (Lipinski definition) is 2. The van der Waals surface area contributed by atoms with Crippen molar-refractivity contribution in [1.82, 2.24) is 10.3 Å². The van der Waals surface area contributed by atoms with Crippen molar-refractivity contribution >= 4 is 45.8 Å². The van der Waals surface area contributed by atoms with Crippen molar-refractivity contribution in [1.29, 1.82) is 0 Å². The molecule has 1 amide bonds. The molecule has 35 heavy (non-hydrogen) atoms. The van der Waals surface area contributed by atoms with Gasteiger partial charge in [0.2, 0.25) is 11.8 Å². The molecular formula is C23H17ClF3N5O2S. The number of aromatic nitrogens is 1. The van der Waals surface area contributed by atoms with Crippen molar-refractivity contribution in [2.45, 2.75) is 12.6 Å². The number of carbonyl (C=O) groups excluding carboxylic acids is 1. The highest BCUT2D eigenvalue weighted by molar-refractivity contribution is 7.17. The number of amides is 1. The minimum absolute atomic E-state index is 0.00227. The van der Waals surface area contributed by atoms with E-state index in [9.17, 15) is 23.1 Å². The summed E-state index contributed by atoms with van der Waals surface area (Å²) in [5, 5.41) is 23.0. The van der Waals surface area contributed by atoms with Gasteiger partial charge in [-0.25, -0.2) is 0 Å². The Morgan fingerprint density at radius 2 is 2.06 bits per heavy atom. The summed E-state index contributed by atoms with van der Waals surface area (Å²) < 4.78 is 41.5. The summed E-state index contributed by atoms with van der Waals surface area (Å²) in [6, 6.07) is 8.85. The molecule has 2 aliphatic heterocycles. The summed E-state index contributed by atoms with van der Waals surface area (Å²) >= 11 is 6.99. The van der Waals surface area contributed by atoms with Crippen molar-refractivity contribution in [3.8, 4) is 5.88 Å². The van der Waals surface area contributed by atoms with Crippen molar-refractivity contribution in [2.75, 3.05) is 24.5 Å². The zero-order valence-corrected chi connectivity index (χ0v) is 19.5. The summed E-state index contributed by atoms with van der Waals surface area (Å²) in [4.78, 5) is 18.1. The molecule has 1 aromatic heterocycles. The number of carbonyl (C=O) groups is 1. The van der Waals surface area contributed by atoms with Crippen LogP contribution in [0.5, 0.6) is 5.88 Å². The van der Waals surface area contributed by atoms with E-state index in [1.54, 1.807) is 29.3 Å². The number of hydrogen-bond acceptors (Lipinski definition) is 7. The largest absolute Gasteiger partial charge is 0.492 e. The number of benzene rings is 2. The Morgan fingerprint density at radius 3 is 2.83 bits per heavy atom. The van der Waals surface area contributed by atoms with Crippen LogP contribution in [0.3, 0.4) is 0 Å². The molecular weight excluding hydrogens is 503 g/mol. The fraction of sp³-hybridized carbons (Fsp3) is 0.217. The molecule has 180 valence electrons. The number of fused-ring (bicyclic) bond motifs is 1. The first-order valence-corrected chi connectivity index (χ1v) is 11.7. The number of anilines is 1. The van der Waals surface area contributed by atoms with Gasteiger partial charge in [0.05, 0.1) is 28.6 Å². The van der Waals surface area contributed by atoms with E-state index in [0.717, 1.165) is 17.4 Å². The van der Waals surface area contributed by atoms with Crippen molar-refractivity contribution < 1.29 is 23.1 Å². The average Bonchev–Trinajstić information content (AvgIpc) is 3.43. The van der Waals surface area contributed by atoms with Crippen LogP contribution < -0.4 is 20.8 Å². The Labute approximate surface area is 205 Å². The second kappa shape index (κ2) is 8.97. The Morgan fingerprint density at radius 1 is 1.23 bits per heavy atom. The molecule has 3 heterocycles. The molecule has 12 heteroatoms. The van der Waals surface area contributed by atoms with E-state index in [0.29, 0.717) is 44.8 Å². The zero-order chi connectivity index (χ0) is 24.7. The summed E-state index contributed by atoms with van der Waals surface area (Å²) in [7, 11) is 0. The number of nitrogens with one attached hydrogen (secondary N) is 1. The van der Waals surface area contributed by atoms with Crippen LogP contribution in [0.2, 0.25) is 5.02 Å². The monoisotopic (exact) mass is 519 g/mol. The van der Waals surface area contributed by atoms with Gasteiger partial charge in [-0.1, -0.05) is 35.1 Å². The van der Waals surface area contributed by atoms with E-state index in [2.05, 4.69) is 20.5 Å². The molecule has 7 nitrogen and oxygen atoms in total. The first-order chi connectivity index (χ1) is 16.7. The van der Waals surface area contributed by atoms with Gasteiger partial charge >= 0.3 is 6.18 Å². The maximum absolute atomic E-state index is 13.8. The predicted octanol–water partition coefficient (Wildman–Crippen LogP) is 2.87. The van der Waals surface area contributed by atoms with Gasteiger partial charge in [-0.2, -0.15) is 28.4 Å². The number of piperazine rings is 1. The lowest BCUT2D eigenvalue weighted by molar-refractivity contribution is -0.138. The number of alkyl halides is 3. The molecule has 0 atom stereocenters. The molecule has 3 aromatic rings. The SMILES string of the molecule is O=C1CN(c2nc(O)c(C(Cc3ccc(Cl)cc3C(F)(F)F)=c3ccc4c(c3)C=NN=4)s2)CCN1. The van der Waals surface area contributed by atoms with Gasteiger partial charge in [0.1, 0.15) is 0 Å². The average molecular weight is 520 g/mol. The molecule has 1 saturated heterocycles. The third-order valence-corrected chi connectivity index (χ3v) is 7.06. The van der Waals surface area contributed by atoms with Crippen LogP contribution in [0.15, 0.2) is 46.6 Å². The minimum Gasteiger partial charge on any atom is -0.492 e. The molecule has 0 unspecified atom stereocenters. The molecule has 2 aromatic carbocycles. The first kappa shape index (κ1) is 23.3. The van der Waals surface area contributed by atoms with Gasteiger partial charge in [-0.15, -0.1) is 0 Å². The molecule has 0 bridgehead atoms. The number of rotatable bonds is 4. The standard InChI is InChI=1S/C23H17ClF3N5O2S/c24-15-3-1-13(17(9-15)23(25,26)27)8-16(12-2-4-18-14(7-12)10-29-31-18)20-21(34)30-22(35-20)32-6-5-28-19(33)11-32/h1-4,7,9-10,34H,5-6,8,11H2,(H,28,33). The molecule has 2 aliphatic rings. The predicted molar refractivity (Wildman–Crippen MR) is 126 cm³/mol. The highest BCUT2D eigenvalue weighted by atomic mass is 35.5. The Kier molecular flexibility index (Phi) is 5.97. The summed E-state index contributed by atoms with van der Waals surface area (Å²) in [6.07, 6.45) is -3.20. The van der Waals surface area contributed by atoms with Gasteiger partial charge in [0, 0.05) is 30.1 Å². The molecule has 0 radical (unpaired) electrons. The lowest BCUT2D eigenvalue weighted by Crippen LogP contribution is -2.47. The van der Waals surface area contributed by atoms with Gasteiger partial charge in [-0.3, -0.25) is 4.79 Å². The van der Waals surface area contributed by atoms with Crippen LogP contribution in [-0.2, 0) is 17.4 Å². The smallest absolute Gasteiger partial charge is 0.416 e. The Bertz CT molecular complexity index is 1490. The maximum atomic E-state index is 13.8. The van der Waals surface area contributed by atoms with Gasteiger partial charge in [0.25, 0.3) is 0 Å². The number of aromatic hydroxyl groups is 1. The number of thiazole rings is 1. The topological polar surface area (TPSA) is 90.2 Å². The molecule has 5 rings (SSSR count). The summed E-state index contributed by atoms with van der Waals surface area (Å²) in [5.41, 5.74) is 0.312. The second-order valence-corrected chi connectivity index (χ2v) is 9.41. The van der Waals surface area contributed by atoms with Crippen LogP contribution >= 0.6 is 22.9 Å². The lowest BCUT2D eigenvalue weighted by Gasteiger charge is -2.25. The summed E-state index contributed by atoms with van der Waals surface area (Å²) in [5.74, 6) is -0.485. The van der Waals surface area contributed by atoms with Crippen LogP contribution in [-0.4, -0.2) is 41.8 Å². The fourth-order valence-corrected chi connectivity index (χ4v) is 5.22. The summed E-state index contributed by atoms with van der Waals surface area (Å²) in [6.45, 7) is 1.01.